The van der Waals surface area contributed by atoms with E-state index in [9.17, 15) is 4.79 Å². The molecule has 0 bridgehead atoms. The third-order valence-corrected chi connectivity index (χ3v) is 5.50. The molecule has 1 amide bonds. The van der Waals surface area contributed by atoms with Crippen LogP contribution in [0.15, 0.2) is 18.2 Å². The number of carbonyl (C=O) groups excluding carboxylic acids is 1. The largest absolute Gasteiger partial charge is 0.385 e. The summed E-state index contributed by atoms with van der Waals surface area (Å²) in [5.74, 6) is 0.211. The Morgan fingerprint density at radius 3 is 3.21 bits per heavy atom. The predicted octanol–water partition coefficient (Wildman–Crippen LogP) is 2.97. The van der Waals surface area contributed by atoms with Crippen molar-refractivity contribution in [1.29, 1.82) is 0 Å². The molecule has 6 heteroatoms. The molecular weight excluding hydrogens is 322 g/mol. The first kappa shape index (κ1) is 17.2. The Morgan fingerprint density at radius 2 is 2.38 bits per heavy atom. The molecule has 0 spiro atoms. The van der Waals surface area contributed by atoms with E-state index in [4.69, 9.17) is 9.72 Å². The number of amides is 1. The summed E-state index contributed by atoms with van der Waals surface area (Å²) < 4.78 is 6.23. The van der Waals surface area contributed by atoms with E-state index in [1.165, 1.54) is 10.3 Å². The van der Waals surface area contributed by atoms with Crippen LogP contribution < -0.4 is 10.2 Å². The SMILES string of the molecule is COCCCNC(=O)C1CCCN(c2nc3ccc(C)cc3s2)C1. The van der Waals surface area contributed by atoms with Crippen molar-refractivity contribution in [3.63, 3.8) is 0 Å². The highest BCUT2D eigenvalue weighted by Gasteiger charge is 2.27. The van der Waals surface area contributed by atoms with Gasteiger partial charge in [-0.25, -0.2) is 4.98 Å². The Labute approximate surface area is 147 Å². The summed E-state index contributed by atoms with van der Waals surface area (Å²) in [6.45, 7) is 5.20. The number of hydrogen-bond donors (Lipinski definition) is 1. The zero-order valence-corrected chi connectivity index (χ0v) is 15.2. The Morgan fingerprint density at radius 1 is 1.50 bits per heavy atom. The zero-order valence-electron chi connectivity index (χ0n) is 14.4. The van der Waals surface area contributed by atoms with Gasteiger partial charge < -0.3 is 15.0 Å². The average Bonchev–Trinajstić information content (AvgIpc) is 3.02. The number of aryl methyl sites for hydroxylation is 1. The van der Waals surface area contributed by atoms with Crippen LogP contribution >= 0.6 is 11.3 Å². The molecule has 0 radical (unpaired) electrons. The smallest absolute Gasteiger partial charge is 0.224 e. The summed E-state index contributed by atoms with van der Waals surface area (Å²) in [7, 11) is 1.68. The molecule has 0 saturated carbocycles. The first-order chi connectivity index (χ1) is 11.7. The van der Waals surface area contributed by atoms with Crippen molar-refractivity contribution in [3.8, 4) is 0 Å². The van der Waals surface area contributed by atoms with Gasteiger partial charge in [-0.3, -0.25) is 4.79 Å². The zero-order chi connectivity index (χ0) is 16.9. The van der Waals surface area contributed by atoms with Crippen LogP contribution in [0.2, 0.25) is 0 Å². The second kappa shape index (κ2) is 7.94. The van der Waals surface area contributed by atoms with Crippen LogP contribution in [0.1, 0.15) is 24.8 Å². The third kappa shape index (κ3) is 4.05. The number of methoxy groups -OCH3 is 1. The van der Waals surface area contributed by atoms with Crippen LogP contribution in [0, 0.1) is 12.8 Å². The molecule has 2 heterocycles. The van der Waals surface area contributed by atoms with E-state index in [1.807, 2.05) is 0 Å². The minimum Gasteiger partial charge on any atom is -0.385 e. The van der Waals surface area contributed by atoms with Gasteiger partial charge in [0, 0.05) is 33.4 Å². The van der Waals surface area contributed by atoms with Gasteiger partial charge in [-0.1, -0.05) is 17.4 Å². The summed E-state index contributed by atoms with van der Waals surface area (Å²) in [5.41, 5.74) is 2.30. The fraction of sp³-hybridized carbons (Fsp3) is 0.556. The van der Waals surface area contributed by atoms with Gasteiger partial charge in [0.25, 0.3) is 0 Å². The number of benzene rings is 1. The highest BCUT2D eigenvalue weighted by Crippen LogP contribution is 2.32. The van der Waals surface area contributed by atoms with Crippen molar-refractivity contribution < 1.29 is 9.53 Å². The molecule has 24 heavy (non-hydrogen) atoms. The van der Waals surface area contributed by atoms with Crippen molar-refractivity contribution in [2.75, 3.05) is 38.3 Å². The van der Waals surface area contributed by atoms with Crippen LogP contribution in [0.5, 0.6) is 0 Å². The first-order valence-electron chi connectivity index (χ1n) is 8.56. The van der Waals surface area contributed by atoms with Crippen molar-refractivity contribution >= 4 is 32.6 Å². The molecule has 1 fully saturated rings. The second-order valence-corrected chi connectivity index (χ2v) is 7.40. The molecule has 5 nitrogen and oxygen atoms in total. The lowest BCUT2D eigenvalue weighted by atomic mass is 9.97. The maximum absolute atomic E-state index is 12.4. The number of ether oxygens (including phenoxy) is 1. The summed E-state index contributed by atoms with van der Waals surface area (Å²) in [4.78, 5) is 19.4. The number of aromatic nitrogens is 1. The molecule has 2 aromatic rings. The Hall–Kier alpha value is -1.66. The van der Waals surface area contributed by atoms with Crippen molar-refractivity contribution in [1.82, 2.24) is 10.3 Å². The third-order valence-electron chi connectivity index (χ3n) is 4.42. The fourth-order valence-electron chi connectivity index (χ4n) is 3.09. The minimum absolute atomic E-state index is 0.0510. The molecule has 1 aromatic heterocycles. The minimum atomic E-state index is 0.0510. The second-order valence-electron chi connectivity index (χ2n) is 6.39. The van der Waals surface area contributed by atoms with Gasteiger partial charge in [0.1, 0.15) is 0 Å². The molecule has 0 aliphatic carbocycles. The van der Waals surface area contributed by atoms with Crippen LogP contribution in [0.4, 0.5) is 5.13 Å². The molecule has 1 unspecified atom stereocenters. The number of hydrogen-bond acceptors (Lipinski definition) is 5. The Balaban J connectivity index is 1.62. The first-order valence-corrected chi connectivity index (χ1v) is 9.38. The summed E-state index contributed by atoms with van der Waals surface area (Å²) in [5, 5.41) is 4.07. The van der Waals surface area contributed by atoms with Gasteiger partial charge in [-0.15, -0.1) is 0 Å². The average molecular weight is 347 g/mol. The number of piperidine rings is 1. The number of fused-ring (bicyclic) bond motifs is 1. The topological polar surface area (TPSA) is 54.5 Å². The van der Waals surface area contributed by atoms with Gasteiger partial charge in [-0.2, -0.15) is 0 Å². The van der Waals surface area contributed by atoms with E-state index in [1.54, 1.807) is 18.4 Å². The lowest BCUT2D eigenvalue weighted by Crippen LogP contribution is -2.43. The molecular formula is C18H25N3O2S. The maximum Gasteiger partial charge on any atom is 0.224 e. The maximum atomic E-state index is 12.4. The van der Waals surface area contributed by atoms with Crippen LogP contribution in [0.25, 0.3) is 10.2 Å². The van der Waals surface area contributed by atoms with Gasteiger partial charge in [0.05, 0.1) is 16.1 Å². The number of rotatable bonds is 6. The van der Waals surface area contributed by atoms with E-state index in [0.29, 0.717) is 13.2 Å². The normalized spacial score (nSPS) is 18.1. The summed E-state index contributed by atoms with van der Waals surface area (Å²) in [6.07, 6.45) is 2.84. The molecule has 3 rings (SSSR count). The molecule has 130 valence electrons. The van der Waals surface area contributed by atoms with Crippen molar-refractivity contribution in [2.24, 2.45) is 5.92 Å². The fourth-order valence-corrected chi connectivity index (χ4v) is 4.19. The molecule has 1 N–H and O–H groups in total. The molecule has 1 saturated heterocycles. The molecule has 1 atom stereocenters. The number of nitrogens with one attached hydrogen (secondary N) is 1. The van der Waals surface area contributed by atoms with Gasteiger partial charge in [0.2, 0.25) is 5.91 Å². The summed E-state index contributed by atoms with van der Waals surface area (Å²) in [6, 6.07) is 6.35. The number of anilines is 1. The van der Waals surface area contributed by atoms with Crippen LogP contribution in [-0.4, -0.2) is 44.2 Å². The monoisotopic (exact) mass is 347 g/mol. The highest BCUT2D eigenvalue weighted by atomic mass is 32.1. The lowest BCUT2D eigenvalue weighted by molar-refractivity contribution is -0.125. The van der Waals surface area contributed by atoms with Crippen LogP contribution in [-0.2, 0) is 9.53 Å². The Kier molecular flexibility index (Phi) is 5.68. The molecule has 1 aromatic carbocycles. The van der Waals surface area contributed by atoms with Gasteiger partial charge >= 0.3 is 0 Å². The highest BCUT2D eigenvalue weighted by molar-refractivity contribution is 7.22. The van der Waals surface area contributed by atoms with E-state index < -0.39 is 0 Å². The predicted molar refractivity (Wildman–Crippen MR) is 98.8 cm³/mol. The van der Waals surface area contributed by atoms with Crippen molar-refractivity contribution in [3.05, 3.63) is 23.8 Å². The number of thiazole rings is 1. The van der Waals surface area contributed by atoms with Gasteiger partial charge in [-0.05, 0) is 43.9 Å². The summed E-state index contributed by atoms with van der Waals surface area (Å²) >= 11 is 1.72. The van der Waals surface area contributed by atoms with E-state index >= 15 is 0 Å². The van der Waals surface area contributed by atoms with E-state index in [-0.39, 0.29) is 11.8 Å². The quantitative estimate of drug-likeness (QED) is 0.816. The lowest BCUT2D eigenvalue weighted by Gasteiger charge is -2.31. The Bertz CT molecular complexity index is 701. The van der Waals surface area contributed by atoms with E-state index in [2.05, 4.69) is 35.3 Å². The number of carbonyl (C=O) groups is 1. The molecule has 1 aliphatic heterocycles. The molecule has 1 aliphatic rings. The van der Waals surface area contributed by atoms with Crippen molar-refractivity contribution in [2.45, 2.75) is 26.2 Å². The standard InChI is InChI=1S/C18H25N3O2S/c1-13-6-7-15-16(11-13)24-18(20-15)21-9-3-5-14(12-21)17(22)19-8-4-10-23-2/h6-7,11,14H,3-5,8-10,12H2,1-2H3,(H,19,22). The van der Waals surface area contributed by atoms with Gasteiger partial charge in [0.15, 0.2) is 5.13 Å². The van der Waals surface area contributed by atoms with Crippen LogP contribution in [0.3, 0.4) is 0 Å². The van der Waals surface area contributed by atoms with E-state index in [0.717, 1.165) is 43.0 Å². The number of nitrogens with zero attached hydrogens (tertiary/aromatic N) is 2.